The Morgan fingerprint density at radius 1 is 1.34 bits per heavy atom. The van der Waals surface area contributed by atoms with E-state index >= 15 is 0 Å². The average molecular weight is 505 g/mol. The van der Waals surface area contributed by atoms with E-state index < -0.39 is 6.61 Å². The molecule has 35 heavy (non-hydrogen) atoms. The SMILES string of the molecule is CC1(COc2cnccc2-c2[nH]c3c(c2Nc2cccc(Cl)c2OC(F)F)C(=O)NCC3)CCO1. The zero-order chi connectivity index (χ0) is 24.6. The first-order chi connectivity index (χ1) is 16.8. The summed E-state index contributed by atoms with van der Waals surface area (Å²) in [6, 6.07) is 6.35. The maximum absolute atomic E-state index is 13.1. The third-order valence-electron chi connectivity index (χ3n) is 6.07. The molecule has 1 fully saturated rings. The van der Waals surface area contributed by atoms with Crippen molar-refractivity contribution in [3.8, 4) is 22.8 Å². The van der Waals surface area contributed by atoms with Gasteiger partial charge in [0.15, 0.2) is 5.75 Å². The first-order valence-corrected chi connectivity index (χ1v) is 11.5. The molecular weight excluding hydrogens is 482 g/mol. The Kier molecular flexibility index (Phi) is 6.24. The molecule has 1 unspecified atom stereocenters. The molecule has 1 aromatic carbocycles. The number of aromatic nitrogens is 2. The van der Waals surface area contributed by atoms with Crippen LogP contribution in [0.15, 0.2) is 36.7 Å². The van der Waals surface area contributed by atoms with Crippen LogP contribution >= 0.6 is 11.6 Å². The van der Waals surface area contributed by atoms with E-state index in [9.17, 15) is 13.6 Å². The fourth-order valence-electron chi connectivity index (χ4n) is 4.15. The second kappa shape index (κ2) is 9.35. The molecule has 0 bridgehead atoms. The van der Waals surface area contributed by atoms with Gasteiger partial charge in [0.1, 0.15) is 18.0 Å². The average Bonchev–Trinajstić information content (AvgIpc) is 3.18. The minimum absolute atomic E-state index is 0.00683. The molecule has 184 valence electrons. The molecule has 2 aliphatic heterocycles. The van der Waals surface area contributed by atoms with E-state index in [1.54, 1.807) is 30.6 Å². The van der Waals surface area contributed by atoms with Crippen molar-refractivity contribution in [3.63, 3.8) is 0 Å². The Labute approximate surface area is 204 Å². The molecule has 5 rings (SSSR count). The van der Waals surface area contributed by atoms with Crippen LogP contribution in [0, 0.1) is 0 Å². The number of hydrogen-bond donors (Lipinski definition) is 3. The topological polar surface area (TPSA) is 97.5 Å². The highest BCUT2D eigenvalue weighted by Gasteiger charge is 2.35. The van der Waals surface area contributed by atoms with Crippen molar-refractivity contribution in [3.05, 3.63) is 52.9 Å². The molecule has 11 heteroatoms. The van der Waals surface area contributed by atoms with Crippen molar-refractivity contribution in [1.29, 1.82) is 0 Å². The van der Waals surface area contributed by atoms with Crippen LogP contribution in [0.2, 0.25) is 5.02 Å². The fourth-order valence-corrected chi connectivity index (χ4v) is 4.37. The lowest BCUT2D eigenvalue weighted by molar-refractivity contribution is -0.152. The molecule has 2 aliphatic rings. The number of pyridine rings is 1. The molecule has 4 heterocycles. The van der Waals surface area contributed by atoms with E-state index in [0.29, 0.717) is 60.1 Å². The number of aromatic amines is 1. The number of halogens is 3. The van der Waals surface area contributed by atoms with Gasteiger partial charge in [0, 0.05) is 36.8 Å². The number of para-hydroxylation sites is 1. The normalized spacial score (nSPS) is 19.1. The van der Waals surface area contributed by atoms with Crippen LogP contribution in [-0.2, 0) is 11.2 Å². The standard InChI is InChI=1S/C24H23ClF2N4O4/c1-24(7-10-34-24)12-33-17-11-28-8-5-13(17)19-20(18-15(30-19)6-9-29-22(18)32)31-16-4-2-3-14(25)21(16)35-23(26)27/h2-5,8,11,23,30-31H,6-7,9-10,12H2,1H3,(H,29,32). The minimum Gasteiger partial charge on any atom is -0.488 e. The number of carbonyl (C=O) groups excluding carboxylic acids is 1. The van der Waals surface area contributed by atoms with Crippen molar-refractivity contribution in [1.82, 2.24) is 15.3 Å². The van der Waals surface area contributed by atoms with E-state index in [4.69, 9.17) is 21.1 Å². The van der Waals surface area contributed by atoms with Crippen LogP contribution in [0.1, 0.15) is 29.4 Å². The quantitative estimate of drug-likeness (QED) is 0.403. The number of nitrogens with zero attached hydrogens (tertiary/aromatic N) is 1. The molecule has 0 saturated carbocycles. The number of alkyl halides is 2. The summed E-state index contributed by atoms with van der Waals surface area (Å²) in [5.74, 6) is -0.0227. The molecule has 0 spiro atoms. The van der Waals surface area contributed by atoms with Crippen molar-refractivity contribution in [2.75, 3.05) is 25.1 Å². The maximum atomic E-state index is 13.1. The van der Waals surface area contributed by atoms with Gasteiger partial charge >= 0.3 is 6.61 Å². The third-order valence-corrected chi connectivity index (χ3v) is 6.36. The highest BCUT2D eigenvalue weighted by molar-refractivity contribution is 6.32. The van der Waals surface area contributed by atoms with Crippen molar-refractivity contribution < 1.29 is 27.8 Å². The summed E-state index contributed by atoms with van der Waals surface area (Å²) >= 11 is 6.15. The van der Waals surface area contributed by atoms with Crippen LogP contribution in [0.3, 0.4) is 0 Å². The lowest BCUT2D eigenvalue weighted by Gasteiger charge is -2.38. The van der Waals surface area contributed by atoms with Crippen LogP contribution in [-0.4, -0.2) is 47.8 Å². The predicted molar refractivity (Wildman–Crippen MR) is 126 cm³/mol. The number of nitrogens with one attached hydrogen (secondary N) is 3. The minimum atomic E-state index is -3.08. The number of rotatable bonds is 8. The number of carbonyl (C=O) groups is 1. The highest BCUT2D eigenvalue weighted by Crippen LogP contribution is 2.43. The smallest absolute Gasteiger partial charge is 0.387 e. The lowest BCUT2D eigenvalue weighted by Crippen LogP contribution is -2.45. The molecule has 8 nitrogen and oxygen atoms in total. The Hall–Kier alpha value is -3.37. The molecule has 1 atom stereocenters. The number of benzene rings is 1. The second-order valence-electron chi connectivity index (χ2n) is 8.56. The van der Waals surface area contributed by atoms with Gasteiger partial charge in [-0.05, 0) is 25.1 Å². The van der Waals surface area contributed by atoms with Crippen LogP contribution in [0.5, 0.6) is 11.5 Å². The molecule has 1 amide bonds. The van der Waals surface area contributed by atoms with Gasteiger partial charge in [0.2, 0.25) is 0 Å². The summed E-state index contributed by atoms with van der Waals surface area (Å²) < 4.78 is 42.6. The van der Waals surface area contributed by atoms with Crippen LogP contribution < -0.4 is 20.1 Å². The van der Waals surface area contributed by atoms with E-state index in [0.717, 1.165) is 6.42 Å². The van der Waals surface area contributed by atoms with Crippen molar-refractivity contribution in [2.24, 2.45) is 0 Å². The van der Waals surface area contributed by atoms with E-state index in [1.165, 1.54) is 6.07 Å². The van der Waals surface area contributed by atoms with Crippen LogP contribution in [0.4, 0.5) is 20.2 Å². The van der Waals surface area contributed by atoms with Gasteiger partial charge in [0.05, 0.1) is 40.5 Å². The summed E-state index contributed by atoms with van der Waals surface area (Å²) in [6.07, 6.45) is 4.65. The van der Waals surface area contributed by atoms with Gasteiger partial charge in [-0.25, -0.2) is 0 Å². The Balaban J connectivity index is 1.59. The first kappa shape index (κ1) is 23.4. The second-order valence-corrected chi connectivity index (χ2v) is 8.97. The number of H-pyrrole nitrogens is 1. The van der Waals surface area contributed by atoms with Gasteiger partial charge in [-0.2, -0.15) is 8.78 Å². The monoisotopic (exact) mass is 504 g/mol. The summed E-state index contributed by atoms with van der Waals surface area (Å²) in [7, 11) is 0. The third kappa shape index (κ3) is 4.63. The summed E-state index contributed by atoms with van der Waals surface area (Å²) in [5, 5.41) is 5.94. The number of ether oxygens (including phenoxy) is 3. The maximum Gasteiger partial charge on any atom is 0.387 e. The van der Waals surface area contributed by atoms with Gasteiger partial charge in [-0.1, -0.05) is 17.7 Å². The van der Waals surface area contributed by atoms with Gasteiger partial charge < -0.3 is 29.8 Å². The molecular formula is C24H23ClF2N4O4. The van der Waals surface area contributed by atoms with Crippen molar-refractivity contribution >= 4 is 28.9 Å². The summed E-state index contributed by atoms with van der Waals surface area (Å²) in [5.41, 5.74) is 2.49. The largest absolute Gasteiger partial charge is 0.488 e. The lowest BCUT2D eigenvalue weighted by atomic mass is 9.99. The molecule has 1 saturated heterocycles. The molecule has 2 aromatic heterocycles. The Morgan fingerprint density at radius 3 is 2.91 bits per heavy atom. The molecule has 3 aromatic rings. The molecule has 0 aliphatic carbocycles. The first-order valence-electron chi connectivity index (χ1n) is 11.1. The Bertz CT molecular complexity index is 1260. The fraction of sp³-hybridized carbons (Fsp3) is 0.333. The van der Waals surface area contributed by atoms with Crippen molar-refractivity contribution in [2.45, 2.75) is 32.0 Å². The zero-order valence-corrected chi connectivity index (χ0v) is 19.5. The van der Waals surface area contributed by atoms with Gasteiger partial charge in [-0.15, -0.1) is 0 Å². The number of amides is 1. The number of anilines is 2. The number of fused-ring (bicyclic) bond motifs is 1. The van der Waals surface area contributed by atoms with E-state index in [2.05, 4.69) is 25.3 Å². The predicted octanol–water partition coefficient (Wildman–Crippen LogP) is 4.92. The van der Waals surface area contributed by atoms with E-state index in [-0.39, 0.29) is 28.0 Å². The molecule has 3 N–H and O–H groups in total. The summed E-state index contributed by atoms with van der Waals surface area (Å²) in [4.78, 5) is 20.4. The van der Waals surface area contributed by atoms with Gasteiger partial charge in [0.25, 0.3) is 5.91 Å². The molecule has 0 radical (unpaired) electrons. The van der Waals surface area contributed by atoms with Gasteiger partial charge in [-0.3, -0.25) is 9.78 Å². The Morgan fingerprint density at radius 2 is 2.17 bits per heavy atom. The highest BCUT2D eigenvalue weighted by atomic mass is 35.5. The number of hydrogen-bond acceptors (Lipinski definition) is 6. The summed E-state index contributed by atoms with van der Waals surface area (Å²) in [6.45, 7) is 0.386. The van der Waals surface area contributed by atoms with Crippen LogP contribution in [0.25, 0.3) is 11.3 Å². The van der Waals surface area contributed by atoms with E-state index in [1.807, 2.05) is 6.92 Å². The zero-order valence-electron chi connectivity index (χ0n) is 18.8.